The second kappa shape index (κ2) is 9.96. The molecule has 32 heavy (non-hydrogen) atoms. The van der Waals surface area contributed by atoms with E-state index in [2.05, 4.69) is 31.5 Å². The number of aryl methyl sites for hydroxylation is 1. The highest BCUT2D eigenvalue weighted by Crippen LogP contribution is 2.22. The molecule has 0 radical (unpaired) electrons. The minimum atomic E-state index is -0.244. The topological polar surface area (TPSA) is 80.3 Å². The van der Waals surface area contributed by atoms with Gasteiger partial charge in [-0.25, -0.2) is 0 Å². The van der Waals surface area contributed by atoms with Crippen LogP contribution < -0.4 is 15.4 Å². The molecule has 2 N–H and O–H groups in total. The minimum absolute atomic E-state index is 0.110. The van der Waals surface area contributed by atoms with Crippen molar-refractivity contribution in [2.75, 3.05) is 5.32 Å². The van der Waals surface area contributed by atoms with Gasteiger partial charge in [0, 0.05) is 28.2 Å². The third-order valence-corrected chi connectivity index (χ3v) is 5.74. The molecule has 0 spiro atoms. The van der Waals surface area contributed by atoms with Crippen LogP contribution in [0.1, 0.15) is 50.5 Å². The van der Waals surface area contributed by atoms with Gasteiger partial charge in [-0.05, 0) is 73.9 Å². The molecule has 6 nitrogen and oxygen atoms in total. The quantitative estimate of drug-likeness (QED) is 0.432. The smallest absolute Gasteiger partial charge is 0.255 e. The highest BCUT2D eigenvalue weighted by atomic mass is 79.9. The summed E-state index contributed by atoms with van der Waals surface area (Å²) in [4.78, 5) is 29.5. The van der Waals surface area contributed by atoms with Gasteiger partial charge in [0.1, 0.15) is 12.4 Å². The molecule has 1 aliphatic carbocycles. The number of anilines is 1. The van der Waals surface area contributed by atoms with Crippen LogP contribution in [-0.2, 0) is 11.9 Å². The first-order valence-corrected chi connectivity index (χ1v) is 11.6. The molecular weight excluding hydrogens is 470 g/mol. The number of nitrogens with zero attached hydrogens (tertiary/aromatic N) is 1. The molecule has 7 heteroatoms. The average molecular weight is 494 g/mol. The van der Waals surface area contributed by atoms with Gasteiger partial charge in [0.05, 0.1) is 11.4 Å². The summed E-state index contributed by atoms with van der Waals surface area (Å²) in [7, 11) is 0. The number of pyridine rings is 1. The second-order valence-electron chi connectivity index (χ2n) is 7.80. The lowest BCUT2D eigenvalue weighted by atomic mass is 10.1. The monoisotopic (exact) mass is 493 g/mol. The maximum Gasteiger partial charge on any atom is 0.255 e. The van der Waals surface area contributed by atoms with Gasteiger partial charge in [-0.15, -0.1) is 0 Å². The van der Waals surface area contributed by atoms with E-state index in [1.807, 2.05) is 31.2 Å². The zero-order valence-electron chi connectivity index (χ0n) is 17.7. The summed E-state index contributed by atoms with van der Waals surface area (Å²) in [5.41, 5.74) is 4.34. The van der Waals surface area contributed by atoms with Gasteiger partial charge in [-0.2, -0.15) is 0 Å². The van der Waals surface area contributed by atoms with Crippen LogP contribution in [0.15, 0.2) is 60.7 Å². The van der Waals surface area contributed by atoms with Crippen molar-refractivity contribution in [3.05, 3.63) is 88.7 Å². The fraction of sp³-hybridized carbons (Fsp3) is 0.240. The van der Waals surface area contributed by atoms with Crippen molar-refractivity contribution < 1.29 is 14.3 Å². The fourth-order valence-corrected chi connectivity index (χ4v) is 3.44. The predicted octanol–water partition coefficient (Wildman–Crippen LogP) is 5.01. The summed E-state index contributed by atoms with van der Waals surface area (Å²) in [6.07, 6.45) is 2.06. The van der Waals surface area contributed by atoms with Crippen molar-refractivity contribution in [1.29, 1.82) is 0 Å². The third-order valence-electron chi connectivity index (χ3n) is 5.17. The first-order chi connectivity index (χ1) is 15.5. The molecule has 0 bridgehead atoms. The van der Waals surface area contributed by atoms with E-state index in [1.54, 1.807) is 36.4 Å². The number of halogens is 1. The SMILES string of the molecule is Cc1ccc(C(=O)NC2CC2)cc1NC(=O)c1ccc(OCc2cccc(CBr)n2)cc1. The maximum absolute atomic E-state index is 12.7. The normalized spacial score (nSPS) is 12.8. The van der Waals surface area contributed by atoms with Crippen LogP contribution in [0.25, 0.3) is 0 Å². The molecular formula is C25H24BrN3O3. The number of aromatic nitrogens is 1. The van der Waals surface area contributed by atoms with E-state index in [-0.39, 0.29) is 17.9 Å². The summed E-state index contributed by atoms with van der Waals surface area (Å²) in [6.45, 7) is 2.25. The van der Waals surface area contributed by atoms with E-state index in [1.165, 1.54) is 0 Å². The van der Waals surface area contributed by atoms with Crippen LogP contribution in [0, 0.1) is 6.92 Å². The van der Waals surface area contributed by atoms with Crippen LogP contribution in [0.4, 0.5) is 5.69 Å². The Morgan fingerprint density at radius 1 is 1.00 bits per heavy atom. The number of benzene rings is 2. The predicted molar refractivity (Wildman–Crippen MR) is 127 cm³/mol. The van der Waals surface area contributed by atoms with Crippen molar-refractivity contribution in [3.63, 3.8) is 0 Å². The molecule has 164 valence electrons. The number of rotatable bonds is 8. The van der Waals surface area contributed by atoms with E-state index in [9.17, 15) is 9.59 Å². The van der Waals surface area contributed by atoms with Gasteiger partial charge in [-0.1, -0.05) is 28.1 Å². The van der Waals surface area contributed by atoms with Gasteiger partial charge in [0.2, 0.25) is 0 Å². The summed E-state index contributed by atoms with van der Waals surface area (Å²) < 4.78 is 5.79. The van der Waals surface area contributed by atoms with Crippen molar-refractivity contribution >= 4 is 33.4 Å². The van der Waals surface area contributed by atoms with Gasteiger partial charge < -0.3 is 15.4 Å². The number of amides is 2. The molecule has 0 saturated heterocycles. The zero-order valence-corrected chi connectivity index (χ0v) is 19.3. The van der Waals surface area contributed by atoms with Crippen molar-refractivity contribution in [2.45, 2.75) is 37.7 Å². The lowest BCUT2D eigenvalue weighted by Gasteiger charge is -2.12. The Hall–Kier alpha value is -3.19. The van der Waals surface area contributed by atoms with Crippen molar-refractivity contribution in [2.24, 2.45) is 0 Å². The average Bonchev–Trinajstić information content (AvgIpc) is 3.63. The molecule has 1 aliphatic rings. The molecule has 0 atom stereocenters. The number of nitrogens with one attached hydrogen (secondary N) is 2. The molecule has 0 unspecified atom stereocenters. The zero-order chi connectivity index (χ0) is 22.5. The summed E-state index contributed by atoms with van der Waals surface area (Å²) in [5.74, 6) is 0.300. The number of hydrogen-bond acceptors (Lipinski definition) is 4. The molecule has 1 aromatic heterocycles. The van der Waals surface area contributed by atoms with Crippen LogP contribution in [0.3, 0.4) is 0 Å². The second-order valence-corrected chi connectivity index (χ2v) is 8.36. The van der Waals surface area contributed by atoms with Crippen LogP contribution in [-0.4, -0.2) is 22.8 Å². The van der Waals surface area contributed by atoms with Crippen LogP contribution in [0.5, 0.6) is 5.75 Å². The molecule has 1 fully saturated rings. The number of carbonyl (C=O) groups excluding carboxylic acids is 2. The molecule has 0 aliphatic heterocycles. The first-order valence-electron chi connectivity index (χ1n) is 10.5. The highest BCUT2D eigenvalue weighted by Gasteiger charge is 2.24. The highest BCUT2D eigenvalue weighted by molar-refractivity contribution is 9.08. The van der Waals surface area contributed by atoms with Gasteiger partial charge in [0.25, 0.3) is 11.8 Å². The van der Waals surface area contributed by atoms with E-state index in [4.69, 9.17) is 4.74 Å². The Morgan fingerprint density at radius 3 is 2.44 bits per heavy atom. The number of hydrogen-bond donors (Lipinski definition) is 2. The summed E-state index contributed by atoms with van der Waals surface area (Å²) in [6, 6.07) is 18.4. The number of ether oxygens (including phenoxy) is 1. The molecule has 2 aromatic carbocycles. The minimum Gasteiger partial charge on any atom is -0.487 e. The Kier molecular flexibility index (Phi) is 6.85. The standard InChI is InChI=1S/C25H24BrN3O3/c1-16-5-6-18(25(31)28-19-9-10-19)13-23(16)29-24(30)17-7-11-22(12-8-17)32-15-21-4-2-3-20(14-26)27-21/h2-8,11-13,19H,9-10,14-15H2,1H3,(H,28,31)(H,29,30). The van der Waals surface area contributed by atoms with Crippen molar-refractivity contribution in [3.8, 4) is 5.75 Å². The van der Waals surface area contributed by atoms with Crippen molar-refractivity contribution in [1.82, 2.24) is 10.3 Å². The van der Waals surface area contributed by atoms with E-state index >= 15 is 0 Å². The molecule has 1 saturated carbocycles. The number of carbonyl (C=O) groups is 2. The Bertz CT molecular complexity index is 1130. The van der Waals surface area contributed by atoms with E-state index in [0.717, 1.165) is 29.8 Å². The molecule has 3 aromatic rings. The first kappa shape index (κ1) is 22.0. The van der Waals surface area contributed by atoms with Gasteiger partial charge >= 0.3 is 0 Å². The Balaban J connectivity index is 1.37. The summed E-state index contributed by atoms with van der Waals surface area (Å²) in [5, 5.41) is 6.56. The van der Waals surface area contributed by atoms with E-state index in [0.29, 0.717) is 34.5 Å². The summed E-state index contributed by atoms with van der Waals surface area (Å²) >= 11 is 3.40. The fourth-order valence-electron chi connectivity index (χ4n) is 3.13. The van der Waals surface area contributed by atoms with Crippen LogP contribution >= 0.6 is 15.9 Å². The van der Waals surface area contributed by atoms with Crippen LogP contribution in [0.2, 0.25) is 0 Å². The molecule has 1 heterocycles. The maximum atomic E-state index is 12.7. The lowest BCUT2D eigenvalue weighted by molar-refractivity contribution is 0.0949. The van der Waals surface area contributed by atoms with Gasteiger partial charge in [-0.3, -0.25) is 14.6 Å². The third kappa shape index (κ3) is 5.73. The molecule has 2 amide bonds. The van der Waals surface area contributed by atoms with E-state index < -0.39 is 0 Å². The Morgan fingerprint density at radius 2 is 1.72 bits per heavy atom. The van der Waals surface area contributed by atoms with Gasteiger partial charge in [0.15, 0.2) is 0 Å². The Labute approximate surface area is 195 Å². The number of alkyl halides is 1. The largest absolute Gasteiger partial charge is 0.487 e. The lowest BCUT2D eigenvalue weighted by Crippen LogP contribution is -2.25. The molecule has 4 rings (SSSR count).